The smallest absolute Gasteiger partial charge is 0.257 e. The molecule has 0 bridgehead atoms. The van der Waals surface area contributed by atoms with Crippen LogP contribution >= 0.6 is 0 Å². The molecule has 1 aromatic heterocycles. The molecule has 0 radical (unpaired) electrons. The monoisotopic (exact) mass is 356 g/mol. The Hall–Kier alpha value is -2.70. The van der Waals surface area contributed by atoms with E-state index in [1.807, 2.05) is 4.68 Å². The van der Waals surface area contributed by atoms with Crippen molar-refractivity contribution >= 4 is 11.8 Å². The molecule has 7 heteroatoms. The van der Waals surface area contributed by atoms with Gasteiger partial charge in [-0.15, -0.1) is 0 Å². The zero-order valence-electron chi connectivity index (χ0n) is 14.5. The maximum absolute atomic E-state index is 13.0. The molecule has 3 heterocycles. The molecular formula is C19H21FN4O2. The second kappa shape index (κ2) is 6.90. The average molecular weight is 356 g/mol. The molecule has 0 spiro atoms. The number of fused-ring (bicyclic) bond motifs is 1. The molecule has 1 saturated heterocycles. The second-order valence-corrected chi connectivity index (χ2v) is 6.78. The number of aromatic nitrogens is 2. The predicted octanol–water partition coefficient (Wildman–Crippen LogP) is 1.96. The first kappa shape index (κ1) is 16.8. The number of carbonyl (C=O) groups is 2. The fourth-order valence-electron chi connectivity index (χ4n) is 3.66. The van der Waals surface area contributed by atoms with E-state index >= 15 is 0 Å². The van der Waals surface area contributed by atoms with Gasteiger partial charge in [-0.3, -0.25) is 14.3 Å². The lowest BCUT2D eigenvalue weighted by Crippen LogP contribution is -2.50. The van der Waals surface area contributed by atoms with Crippen LogP contribution in [0.5, 0.6) is 0 Å². The van der Waals surface area contributed by atoms with Crippen LogP contribution in [-0.2, 0) is 13.0 Å². The number of amides is 2. The Morgan fingerprint density at radius 1 is 0.885 bits per heavy atom. The molecule has 0 N–H and O–H groups in total. The molecule has 1 fully saturated rings. The maximum Gasteiger partial charge on any atom is 0.257 e. The molecule has 4 rings (SSSR count). The lowest BCUT2D eigenvalue weighted by Gasteiger charge is -2.35. The summed E-state index contributed by atoms with van der Waals surface area (Å²) in [5.41, 5.74) is 2.20. The Bertz CT molecular complexity index is 823. The van der Waals surface area contributed by atoms with E-state index in [2.05, 4.69) is 5.10 Å². The molecule has 1 aromatic carbocycles. The van der Waals surface area contributed by atoms with Crippen molar-refractivity contribution < 1.29 is 14.0 Å². The molecule has 2 amide bonds. The molecule has 2 aliphatic heterocycles. The summed E-state index contributed by atoms with van der Waals surface area (Å²) in [6.45, 7) is 2.83. The van der Waals surface area contributed by atoms with Crippen LogP contribution in [0.2, 0.25) is 0 Å². The topological polar surface area (TPSA) is 58.4 Å². The third-order valence-corrected chi connectivity index (χ3v) is 5.16. The van der Waals surface area contributed by atoms with E-state index in [0.29, 0.717) is 37.3 Å². The highest BCUT2D eigenvalue weighted by Crippen LogP contribution is 2.20. The first-order chi connectivity index (χ1) is 12.6. The number of rotatable bonds is 2. The van der Waals surface area contributed by atoms with Gasteiger partial charge in [0, 0.05) is 38.3 Å². The number of benzene rings is 1. The van der Waals surface area contributed by atoms with E-state index in [1.165, 1.54) is 24.3 Å². The number of nitrogens with zero attached hydrogens (tertiary/aromatic N) is 4. The van der Waals surface area contributed by atoms with Crippen LogP contribution in [0.3, 0.4) is 0 Å². The van der Waals surface area contributed by atoms with E-state index in [-0.39, 0.29) is 17.6 Å². The lowest BCUT2D eigenvalue weighted by molar-refractivity contribution is 0.0534. The number of hydrogen-bond donors (Lipinski definition) is 0. The van der Waals surface area contributed by atoms with Crippen molar-refractivity contribution in [1.29, 1.82) is 0 Å². The molecule has 6 nitrogen and oxygen atoms in total. The van der Waals surface area contributed by atoms with Crippen LogP contribution < -0.4 is 0 Å². The summed E-state index contributed by atoms with van der Waals surface area (Å²) in [6.07, 6.45) is 4.77. The summed E-state index contributed by atoms with van der Waals surface area (Å²) in [4.78, 5) is 28.8. The quantitative estimate of drug-likeness (QED) is 0.826. The van der Waals surface area contributed by atoms with E-state index in [4.69, 9.17) is 0 Å². The Balaban J connectivity index is 1.40. The van der Waals surface area contributed by atoms with Crippen LogP contribution in [0.15, 0.2) is 30.5 Å². The summed E-state index contributed by atoms with van der Waals surface area (Å²) in [7, 11) is 0. The first-order valence-corrected chi connectivity index (χ1v) is 9.02. The zero-order valence-corrected chi connectivity index (χ0v) is 14.5. The molecule has 0 saturated carbocycles. The van der Waals surface area contributed by atoms with E-state index in [1.54, 1.807) is 16.0 Å². The van der Waals surface area contributed by atoms with Crippen molar-refractivity contribution in [2.75, 3.05) is 26.2 Å². The zero-order chi connectivity index (χ0) is 18.1. The molecule has 26 heavy (non-hydrogen) atoms. The minimum absolute atomic E-state index is 0.00188. The normalized spacial score (nSPS) is 17.1. The van der Waals surface area contributed by atoms with E-state index in [9.17, 15) is 14.0 Å². The van der Waals surface area contributed by atoms with Crippen molar-refractivity contribution in [2.45, 2.75) is 25.8 Å². The molecule has 136 valence electrons. The molecule has 2 aromatic rings. The molecule has 0 aliphatic carbocycles. The molecule has 0 unspecified atom stereocenters. The largest absolute Gasteiger partial charge is 0.335 e. The summed E-state index contributed by atoms with van der Waals surface area (Å²) >= 11 is 0. The summed E-state index contributed by atoms with van der Waals surface area (Å²) < 4.78 is 14.9. The van der Waals surface area contributed by atoms with Gasteiger partial charge in [-0.25, -0.2) is 4.39 Å². The van der Waals surface area contributed by atoms with Gasteiger partial charge < -0.3 is 9.80 Å². The predicted molar refractivity (Wildman–Crippen MR) is 93.4 cm³/mol. The van der Waals surface area contributed by atoms with E-state index in [0.717, 1.165) is 31.5 Å². The lowest BCUT2D eigenvalue weighted by atomic mass is 10.1. The standard InChI is InChI=1S/C19H21FN4O2/c20-15-6-4-14(5-7-15)18(25)22-9-11-23(12-10-22)19(26)16-13-21-24-8-2-1-3-17(16)24/h4-7,13H,1-3,8-12H2. The number of carbonyl (C=O) groups excluding carboxylic acids is 2. The van der Waals surface area contributed by atoms with Crippen LogP contribution in [0, 0.1) is 5.82 Å². The van der Waals surface area contributed by atoms with Crippen LogP contribution in [-0.4, -0.2) is 57.6 Å². The number of halogens is 1. The van der Waals surface area contributed by atoms with Crippen molar-refractivity contribution in [2.24, 2.45) is 0 Å². The average Bonchev–Trinajstić information content (AvgIpc) is 3.12. The molecular weight excluding hydrogens is 335 g/mol. The Kier molecular flexibility index (Phi) is 4.44. The fourth-order valence-corrected chi connectivity index (χ4v) is 3.66. The Morgan fingerprint density at radius 3 is 2.23 bits per heavy atom. The SMILES string of the molecule is O=C(c1ccc(F)cc1)N1CCN(C(=O)c2cnn3c2CCCC3)CC1. The van der Waals surface area contributed by atoms with Gasteiger partial charge in [0.2, 0.25) is 0 Å². The Labute approximate surface area is 151 Å². The molecule has 2 aliphatic rings. The number of piperazine rings is 1. The summed E-state index contributed by atoms with van der Waals surface area (Å²) in [5.74, 6) is -0.483. The maximum atomic E-state index is 13.0. The van der Waals surface area contributed by atoms with Gasteiger partial charge in [0.15, 0.2) is 0 Å². The molecule has 0 atom stereocenters. The fraction of sp³-hybridized carbons (Fsp3) is 0.421. The van der Waals surface area contributed by atoms with Gasteiger partial charge in [-0.1, -0.05) is 0 Å². The van der Waals surface area contributed by atoms with Gasteiger partial charge in [0.05, 0.1) is 17.5 Å². The van der Waals surface area contributed by atoms with Gasteiger partial charge in [0.1, 0.15) is 5.82 Å². The van der Waals surface area contributed by atoms with Crippen LogP contribution in [0.25, 0.3) is 0 Å². The summed E-state index contributed by atoms with van der Waals surface area (Å²) in [5, 5.41) is 4.34. The van der Waals surface area contributed by atoms with E-state index < -0.39 is 0 Å². The third-order valence-electron chi connectivity index (χ3n) is 5.16. The van der Waals surface area contributed by atoms with Gasteiger partial charge >= 0.3 is 0 Å². The highest BCUT2D eigenvalue weighted by molar-refractivity contribution is 5.96. The first-order valence-electron chi connectivity index (χ1n) is 9.02. The Morgan fingerprint density at radius 2 is 1.54 bits per heavy atom. The number of hydrogen-bond acceptors (Lipinski definition) is 3. The minimum atomic E-state index is -0.360. The minimum Gasteiger partial charge on any atom is -0.335 e. The van der Waals surface area contributed by atoms with Gasteiger partial charge in [0.25, 0.3) is 11.8 Å². The van der Waals surface area contributed by atoms with Gasteiger partial charge in [-0.2, -0.15) is 5.10 Å². The van der Waals surface area contributed by atoms with Crippen molar-refractivity contribution in [3.05, 3.63) is 53.1 Å². The third kappa shape index (κ3) is 3.09. The van der Waals surface area contributed by atoms with Crippen LogP contribution in [0.1, 0.15) is 39.3 Å². The highest BCUT2D eigenvalue weighted by atomic mass is 19.1. The van der Waals surface area contributed by atoms with Crippen molar-refractivity contribution in [3.63, 3.8) is 0 Å². The van der Waals surface area contributed by atoms with Crippen molar-refractivity contribution in [1.82, 2.24) is 19.6 Å². The second-order valence-electron chi connectivity index (χ2n) is 6.78. The highest BCUT2D eigenvalue weighted by Gasteiger charge is 2.28. The van der Waals surface area contributed by atoms with Crippen molar-refractivity contribution in [3.8, 4) is 0 Å². The van der Waals surface area contributed by atoms with Gasteiger partial charge in [-0.05, 0) is 43.5 Å². The summed E-state index contributed by atoms with van der Waals surface area (Å²) in [6, 6.07) is 5.56. The van der Waals surface area contributed by atoms with Crippen LogP contribution in [0.4, 0.5) is 4.39 Å². The number of aryl methyl sites for hydroxylation is 1.